The topological polar surface area (TPSA) is 79.9 Å². The highest BCUT2D eigenvalue weighted by molar-refractivity contribution is 7.98. The Bertz CT molecular complexity index is 850. The van der Waals surface area contributed by atoms with Crippen molar-refractivity contribution in [2.45, 2.75) is 23.9 Å². The van der Waals surface area contributed by atoms with Gasteiger partial charge in [-0.1, -0.05) is 42.1 Å². The summed E-state index contributed by atoms with van der Waals surface area (Å²) in [5, 5.41) is 10.4. The van der Waals surface area contributed by atoms with E-state index < -0.39 is 0 Å². The summed E-state index contributed by atoms with van der Waals surface area (Å²) in [6.45, 7) is 1.94. The number of rotatable bonds is 7. The van der Waals surface area contributed by atoms with E-state index in [9.17, 15) is 4.79 Å². The van der Waals surface area contributed by atoms with E-state index in [0.29, 0.717) is 5.56 Å². The molecule has 1 atom stereocenters. The molecule has 1 amide bonds. The number of aromatic nitrogens is 3. The third-order valence-corrected chi connectivity index (χ3v) is 4.89. The van der Waals surface area contributed by atoms with Crippen LogP contribution in [-0.4, -0.2) is 28.2 Å². The average Bonchev–Trinajstić information content (AvgIpc) is 3.20. The van der Waals surface area contributed by atoms with Crippen LogP contribution in [0.25, 0.3) is 0 Å². The van der Waals surface area contributed by atoms with Crippen LogP contribution in [0.4, 0.5) is 0 Å². The molecule has 7 heteroatoms. The Labute approximate surface area is 156 Å². The molecule has 2 N–H and O–H groups in total. The molecule has 0 fully saturated rings. The molecule has 0 radical (unpaired) electrons. The molecule has 1 unspecified atom stereocenters. The lowest BCUT2D eigenvalue weighted by atomic mass is 10.1. The predicted molar refractivity (Wildman–Crippen MR) is 101 cm³/mol. The number of ether oxygens (including phenoxy) is 1. The third kappa shape index (κ3) is 4.43. The maximum absolute atomic E-state index is 12.5. The van der Waals surface area contributed by atoms with Crippen molar-refractivity contribution in [3.05, 3.63) is 71.5 Å². The minimum absolute atomic E-state index is 0.113. The highest BCUT2D eigenvalue weighted by Crippen LogP contribution is 2.24. The number of methoxy groups -OCH3 is 1. The Morgan fingerprint density at radius 3 is 2.69 bits per heavy atom. The summed E-state index contributed by atoms with van der Waals surface area (Å²) in [5.74, 6) is 1.41. The van der Waals surface area contributed by atoms with Gasteiger partial charge in [0.15, 0.2) is 5.16 Å². The Morgan fingerprint density at radius 1 is 1.23 bits per heavy atom. The van der Waals surface area contributed by atoms with Crippen LogP contribution in [0.15, 0.2) is 60.0 Å². The molecule has 0 saturated heterocycles. The Balaban J connectivity index is 1.60. The van der Waals surface area contributed by atoms with Crippen LogP contribution in [0.3, 0.4) is 0 Å². The molecule has 26 heavy (non-hydrogen) atoms. The van der Waals surface area contributed by atoms with Gasteiger partial charge in [0.25, 0.3) is 5.91 Å². The van der Waals surface area contributed by atoms with Gasteiger partial charge in [-0.15, -0.1) is 0 Å². The summed E-state index contributed by atoms with van der Waals surface area (Å²) in [6, 6.07) is 15.1. The minimum atomic E-state index is -0.152. The molecule has 0 bridgehead atoms. The van der Waals surface area contributed by atoms with Crippen LogP contribution in [-0.2, 0) is 5.75 Å². The maximum Gasteiger partial charge on any atom is 0.251 e. The first kappa shape index (κ1) is 18.0. The van der Waals surface area contributed by atoms with Crippen molar-refractivity contribution >= 4 is 17.7 Å². The fourth-order valence-electron chi connectivity index (χ4n) is 2.55. The van der Waals surface area contributed by atoms with Crippen LogP contribution in [0.1, 0.15) is 34.5 Å². The van der Waals surface area contributed by atoms with Gasteiger partial charge in [-0.3, -0.25) is 9.89 Å². The van der Waals surface area contributed by atoms with Crippen molar-refractivity contribution in [2.24, 2.45) is 0 Å². The number of carbonyl (C=O) groups is 1. The molecule has 1 heterocycles. The van der Waals surface area contributed by atoms with Crippen LogP contribution >= 0.6 is 11.8 Å². The number of benzene rings is 2. The van der Waals surface area contributed by atoms with Gasteiger partial charge in [-0.25, -0.2) is 4.98 Å². The standard InChI is InChI=1S/C19H20N4O2S/c1-13(16-5-3-4-6-17(16)25-2)22-18(24)15-9-7-14(8-10-15)11-26-19-20-12-21-23-19/h3-10,12-13H,11H2,1-2H3,(H,22,24)(H,20,21,23). The zero-order valence-electron chi connectivity index (χ0n) is 14.6. The van der Waals surface area contributed by atoms with Crippen molar-refractivity contribution in [3.8, 4) is 5.75 Å². The van der Waals surface area contributed by atoms with E-state index in [0.717, 1.165) is 27.8 Å². The van der Waals surface area contributed by atoms with E-state index in [4.69, 9.17) is 4.74 Å². The number of carbonyl (C=O) groups excluding carboxylic acids is 1. The first-order valence-corrected chi connectivity index (χ1v) is 9.17. The summed E-state index contributed by atoms with van der Waals surface area (Å²) in [4.78, 5) is 16.6. The molecular weight excluding hydrogens is 348 g/mol. The van der Waals surface area contributed by atoms with Gasteiger partial charge in [0, 0.05) is 16.9 Å². The first-order chi connectivity index (χ1) is 12.7. The van der Waals surface area contributed by atoms with E-state index in [2.05, 4.69) is 20.5 Å². The summed E-state index contributed by atoms with van der Waals surface area (Å²) < 4.78 is 5.36. The van der Waals surface area contributed by atoms with E-state index >= 15 is 0 Å². The molecule has 0 aliphatic carbocycles. The predicted octanol–water partition coefficient (Wildman–Crippen LogP) is 3.60. The molecule has 3 aromatic rings. The van der Waals surface area contributed by atoms with Crippen LogP contribution in [0, 0.1) is 0 Å². The Hall–Kier alpha value is -2.80. The normalized spacial score (nSPS) is 11.8. The average molecular weight is 368 g/mol. The number of hydrogen-bond donors (Lipinski definition) is 2. The molecular formula is C19H20N4O2S. The molecule has 134 valence electrons. The number of hydrogen-bond acceptors (Lipinski definition) is 5. The van der Waals surface area contributed by atoms with Crippen LogP contribution in [0.5, 0.6) is 5.75 Å². The van der Waals surface area contributed by atoms with Gasteiger partial charge in [-0.2, -0.15) is 5.10 Å². The van der Waals surface area contributed by atoms with Gasteiger partial charge in [0.1, 0.15) is 12.1 Å². The van der Waals surface area contributed by atoms with Crippen LogP contribution < -0.4 is 10.1 Å². The molecule has 0 aliphatic heterocycles. The number of para-hydroxylation sites is 1. The first-order valence-electron chi connectivity index (χ1n) is 8.18. The summed E-state index contributed by atoms with van der Waals surface area (Å²) in [5.41, 5.74) is 2.68. The monoisotopic (exact) mass is 368 g/mol. The van der Waals surface area contributed by atoms with Gasteiger partial charge in [0.05, 0.1) is 13.2 Å². The maximum atomic E-state index is 12.5. The van der Waals surface area contributed by atoms with Crippen molar-refractivity contribution < 1.29 is 9.53 Å². The molecule has 0 aliphatic rings. The van der Waals surface area contributed by atoms with E-state index in [1.807, 2.05) is 55.5 Å². The smallest absolute Gasteiger partial charge is 0.251 e. The fraction of sp³-hybridized carbons (Fsp3) is 0.211. The number of nitrogens with one attached hydrogen (secondary N) is 2. The minimum Gasteiger partial charge on any atom is -0.496 e. The number of thioether (sulfide) groups is 1. The second kappa shape index (κ2) is 8.53. The highest BCUT2D eigenvalue weighted by Gasteiger charge is 2.14. The van der Waals surface area contributed by atoms with Gasteiger partial charge in [-0.05, 0) is 30.7 Å². The molecule has 1 aromatic heterocycles. The van der Waals surface area contributed by atoms with Gasteiger partial charge >= 0.3 is 0 Å². The second-order valence-electron chi connectivity index (χ2n) is 5.71. The number of nitrogens with zero attached hydrogens (tertiary/aromatic N) is 2. The second-order valence-corrected chi connectivity index (χ2v) is 6.68. The lowest BCUT2D eigenvalue weighted by molar-refractivity contribution is 0.0939. The Kier molecular flexibility index (Phi) is 5.91. The quantitative estimate of drug-likeness (QED) is 0.623. The lowest BCUT2D eigenvalue weighted by Crippen LogP contribution is -2.26. The Morgan fingerprint density at radius 2 is 2.00 bits per heavy atom. The van der Waals surface area contributed by atoms with Gasteiger partial charge < -0.3 is 10.1 Å². The van der Waals surface area contributed by atoms with Gasteiger partial charge in [0.2, 0.25) is 0 Å². The molecule has 0 saturated carbocycles. The largest absolute Gasteiger partial charge is 0.496 e. The van der Waals surface area contributed by atoms with Crippen molar-refractivity contribution in [1.29, 1.82) is 0 Å². The fourth-order valence-corrected chi connectivity index (χ4v) is 3.28. The number of amides is 1. The number of aromatic amines is 1. The molecule has 0 spiro atoms. The SMILES string of the molecule is COc1ccccc1C(C)NC(=O)c1ccc(CSc2ncn[nH]2)cc1. The lowest BCUT2D eigenvalue weighted by Gasteiger charge is -2.17. The summed E-state index contributed by atoms with van der Waals surface area (Å²) in [6.07, 6.45) is 1.48. The van der Waals surface area contributed by atoms with E-state index in [1.54, 1.807) is 18.9 Å². The zero-order chi connectivity index (χ0) is 18.4. The van der Waals surface area contributed by atoms with E-state index in [-0.39, 0.29) is 11.9 Å². The zero-order valence-corrected chi connectivity index (χ0v) is 15.4. The third-order valence-electron chi connectivity index (χ3n) is 3.94. The van der Waals surface area contributed by atoms with Crippen molar-refractivity contribution in [3.63, 3.8) is 0 Å². The summed E-state index contributed by atoms with van der Waals surface area (Å²) >= 11 is 1.56. The van der Waals surface area contributed by atoms with Crippen molar-refractivity contribution in [1.82, 2.24) is 20.5 Å². The summed E-state index contributed by atoms with van der Waals surface area (Å²) in [7, 11) is 1.63. The van der Waals surface area contributed by atoms with Crippen molar-refractivity contribution in [2.75, 3.05) is 7.11 Å². The van der Waals surface area contributed by atoms with Crippen LogP contribution in [0.2, 0.25) is 0 Å². The molecule has 6 nitrogen and oxygen atoms in total. The molecule has 3 rings (SSSR count). The van der Waals surface area contributed by atoms with E-state index in [1.165, 1.54) is 6.33 Å². The number of H-pyrrole nitrogens is 1. The highest BCUT2D eigenvalue weighted by atomic mass is 32.2. The molecule has 2 aromatic carbocycles.